The van der Waals surface area contributed by atoms with Crippen LogP contribution in [0.25, 0.3) is 0 Å². The minimum absolute atomic E-state index is 0.225. The fourth-order valence-electron chi connectivity index (χ4n) is 1.06. The Morgan fingerprint density at radius 2 is 2.17 bits per heavy atom. The second kappa shape index (κ2) is 4.74. The molecule has 0 amide bonds. The van der Waals surface area contributed by atoms with Gasteiger partial charge in [-0.2, -0.15) is 0 Å². The van der Waals surface area contributed by atoms with Crippen molar-refractivity contribution >= 4 is 23.2 Å². The molecule has 0 saturated heterocycles. The van der Waals surface area contributed by atoms with Gasteiger partial charge in [-0.15, -0.1) is 11.6 Å². The van der Waals surface area contributed by atoms with Crippen molar-refractivity contribution in [2.75, 3.05) is 0 Å². The van der Waals surface area contributed by atoms with Crippen LogP contribution in [0, 0.1) is 0 Å². The lowest BCUT2D eigenvalue weighted by atomic mass is 10.1. The minimum Gasteiger partial charge on any atom is -0.123 e. The zero-order chi connectivity index (χ0) is 8.97. The Morgan fingerprint density at radius 1 is 1.42 bits per heavy atom. The van der Waals surface area contributed by atoms with E-state index < -0.39 is 0 Å². The van der Waals surface area contributed by atoms with Gasteiger partial charge in [0.15, 0.2) is 0 Å². The van der Waals surface area contributed by atoms with Gasteiger partial charge in [0, 0.05) is 10.4 Å². The first-order valence-electron chi connectivity index (χ1n) is 4.11. The van der Waals surface area contributed by atoms with Gasteiger partial charge in [-0.05, 0) is 30.5 Å². The molecule has 0 spiro atoms. The smallest absolute Gasteiger partial charge is 0.0408 e. The van der Waals surface area contributed by atoms with Gasteiger partial charge in [0.1, 0.15) is 0 Å². The number of alkyl halides is 1. The van der Waals surface area contributed by atoms with Gasteiger partial charge in [-0.3, -0.25) is 0 Å². The van der Waals surface area contributed by atoms with E-state index in [1.165, 1.54) is 5.56 Å². The van der Waals surface area contributed by atoms with Crippen molar-refractivity contribution < 1.29 is 0 Å². The number of hydrogen-bond donors (Lipinski definition) is 0. The summed E-state index contributed by atoms with van der Waals surface area (Å²) in [5.41, 5.74) is 1.21. The Balaban J connectivity index is 2.63. The van der Waals surface area contributed by atoms with E-state index in [0.29, 0.717) is 0 Å². The molecular weight excluding hydrogens is 191 g/mol. The van der Waals surface area contributed by atoms with Crippen molar-refractivity contribution in [1.29, 1.82) is 0 Å². The lowest BCUT2D eigenvalue weighted by Crippen LogP contribution is -2.00. The molecule has 2 heteroatoms. The molecule has 0 heterocycles. The van der Waals surface area contributed by atoms with Gasteiger partial charge in [-0.25, -0.2) is 0 Å². The Morgan fingerprint density at radius 3 is 2.75 bits per heavy atom. The van der Waals surface area contributed by atoms with Crippen molar-refractivity contribution in [2.45, 2.75) is 25.1 Å². The first kappa shape index (κ1) is 9.88. The van der Waals surface area contributed by atoms with Crippen LogP contribution in [0.15, 0.2) is 24.3 Å². The lowest BCUT2D eigenvalue weighted by Gasteiger charge is -2.05. The molecule has 0 bridgehead atoms. The zero-order valence-electron chi connectivity index (χ0n) is 7.06. The number of halogens is 2. The number of benzene rings is 1. The highest BCUT2D eigenvalue weighted by molar-refractivity contribution is 6.30. The van der Waals surface area contributed by atoms with Crippen LogP contribution in [-0.2, 0) is 6.42 Å². The monoisotopic (exact) mass is 202 g/mol. The number of rotatable bonds is 3. The molecule has 0 aromatic heterocycles. The van der Waals surface area contributed by atoms with Crippen molar-refractivity contribution in [1.82, 2.24) is 0 Å². The zero-order valence-corrected chi connectivity index (χ0v) is 8.57. The summed E-state index contributed by atoms with van der Waals surface area (Å²) >= 11 is 11.8. The Hall–Kier alpha value is -0.200. The van der Waals surface area contributed by atoms with Crippen LogP contribution in [0.2, 0.25) is 5.02 Å². The molecular formula is C10H12Cl2. The molecule has 1 atom stereocenters. The molecule has 1 rings (SSSR count). The highest BCUT2D eigenvalue weighted by atomic mass is 35.5. The standard InChI is InChI=1S/C10H12Cl2/c1-2-9(11)6-8-4-3-5-10(12)7-8/h3-5,7,9H,2,6H2,1H3. The summed E-state index contributed by atoms with van der Waals surface area (Å²) in [6, 6.07) is 7.85. The van der Waals surface area contributed by atoms with Crippen LogP contribution in [0.5, 0.6) is 0 Å². The SMILES string of the molecule is CCC(Cl)Cc1cccc(Cl)c1. The van der Waals surface area contributed by atoms with Crippen LogP contribution in [0.1, 0.15) is 18.9 Å². The van der Waals surface area contributed by atoms with Crippen molar-refractivity contribution in [3.05, 3.63) is 34.9 Å². The molecule has 1 aromatic rings. The maximum atomic E-state index is 6.01. The predicted octanol–water partition coefficient (Wildman–Crippen LogP) is 3.90. The predicted molar refractivity (Wildman–Crippen MR) is 55.1 cm³/mol. The molecule has 66 valence electrons. The van der Waals surface area contributed by atoms with Gasteiger partial charge in [0.05, 0.1) is 0 Å². The van der Waals surface area contributed by atoms with Crippen LogP contribution in [0.4, 0.5) is 0 Å². The summed E-state index contributed by atoms with van der Waals surface area (Å²) in [6.07, 6.45) is 1.90. The highest BCUT2D eigenvalue weighted by Gasteiger charge is 2.02. The third-order valence-electron chi connectivity index (χ3n) is 1.79. The first-order chi connectivity index (χ1) is 5.72. The summed E-state index contributed by atoms with van der Waals surface area (Å²) in [6.45, 7) is 2.09. The maximum absolute atomic E-state index is 6.01. The average Bonchev–Trinajstić information content (AvgIpc) is 2.04. The van der Waals surface area contributed by atoms with Crippen LogP contribution < -0.4 is 0 Å². The van der Waals surface area contributed by atoms with Gasteiger partial charge in [0.25, 0.3) is 0 Å². The molecule has 1 unspecified atom stereocenters. The molecule has 0 nitrogen and oxygen atoms in total. The third kappa shape index (κ3) is 3.04. The quantitative estimate of drug-likeness (QED) is 0.653. The summed E-state index contributed by atoms with van der Waals surface area (Å²) < 4.78 is 0. The highest BCUT2D eigenvalue weighted by Crippen LogP contribution is 2.15. The van der Waals surface area contributed by atoms with Gasteiger partial charge in [0.2, 0.25) is 0 Å². The van der Waals surface area contributed by atoms with E-state index in [-0.39, 0.29) is 5.38 Å². The Kier molecular flexibility index (Phi) is 3.90. The van der Waals surface area contributed by atoms with Crippen molar-refractivity contribution in [3.8, 4) is 0 Å². The van der Waals surface area contributed by atoms with E-state index in [0.717, 1.165) is 17.9 Å². The molecule has 0 aliphatic carbocycles. The topological polar surface area (TPSA) is 0 Å². The first-order valence-corrected chi connectivity index (χ1v) is 4.92. The van der Waals surface area contributed by atoms with E-state index in [1.54, 1.807) is 0 Å². The van der Waals surface area contributed by atoms with Crippen molar-refractivity contribution in [3.63, 3.8) is 0 Å². The minimum atomic E-state index is 0.225. The fraction of sp³-hybridized carbons (Fsp3) is 0.400. The molecule has 0 N–H and O–H groups in total. The van der Waals surface area contributed by atoms with Gasteiger partial charge in [-0.1, -0.05) is 30.7 Å². The van der Waals surface area contributed by atoms with Crippen LogP contribution in [0.3, 0.4) is 0 Å². The molecule has 0 fully saturated rings. The Labute approximate surface area is 83.5 Å². The molecule has 12 heavy (non-hydrogen) atoms. The van der Waals surface area contributed by atoms with Crippen LogP contribution >= 0.6 is 23.2 Å². The van der Waals surface area contributed by atoms with Gasteiger partial charge >= 0.3 is 0 Å². The summed E-state index contributed by atoms with van der Waals surface area (Å²) in [5.74, 6) is 0. The summed E-state index contributed by atoms with van der Waals surface area (Å²) in [5, 5.41) is 1.01. The summed E-state index contributed by atoms with van der Waals surface area (Å²) in [4.78, 5) is 0. The van der Waals surface area contributed by atoms with Gasteiger partial charge < -0.3 is 0 Å². The largest absolute Gasteiger partial charge is 0.123 e. The molecule has 0 aliphatic rings. The Bertz CT molecular complexity index is 245. The van der Waals surface area contributed by atoms with E-state index in [2.05, 4.69) is 13.0 Å². The second-order valence-corrected chi connectivity index (χ2v) is 3.89. The second-order valence-electron chi connectivity index (χ2n) is 2.84. The molecule has 0 aliphatic heterocycles. The van der Waals surface area contributed by atoms with E-state index in [9.17, 15) is 0 Å². The lowest BCUT2D eigenvalue weighted by molar-refractivity contribution is 0.805. The third-order valence-corrected chi connectivity index (χ3v) is 2.49. The molecule has 0 saturated carbocycles. The summed E-state index contributed by atoms with van der Waals surface area (Å²) in [7, 11) is 0. The van der Waals surface area contributed by atoms with Crippen molar-refractivity contribution in [2.24, 2.45) is 0 Å². The van der Waals surface area contributed by atoms with Crippen LogP contribution in [-0.4, -0.2) is 5.38 Å². The van der Waals surface area contributed by atoms with E-state index in [1.807, 2.05) is 18.2 Å². The molecule has 1 aromatic carbocycles. The maximum Gasteiger partial charge on any atom is 0.0408 e. The normalized spacial score (nSPS) is 12.9. The van der Waals surface area contributed by atoms with E-state index in [4.69, 9.17) is 23.2 Å². The van der Waals surface area contributed by atoms with E-state index >= 15 is 0 Å². The molecule has 0 radical (unpaired) electrons. The average molecular weight is 203 g/mol. The fourth-order valence-corrected chi connectivity index (χ4v) is 1.46. The number of hydrogen-bond acceptors (Lipinski definition) is 0.